The summed E-state index contributed by atoms with van der Waals surface area (Å²) < 4.78 is 37.7. The number of hydrogen-bond donors (Lipinski definition) is 1. The molecule has 1 nitrogen and oxygen atoms in total. The molecule has 0 heterocycles. The van der Waals surface area contributed by atoms with Crippen LogP contribution in [0.5, 0.6) is 0 Å². The van der Waals surface area contributed by atoms with Crippen molar-refractivity contribution in [3.8, 4) is 0 Å². The summed E-state index contributed by atoms with van der Waals surface area (Å²) >= 11 is 0. The average molecular weight is 299 g/mol. The number of halogens is 3. The van der Waals surface area contributed by atoms with Crippen LogP contribution in [0.4, 0.5) is 13.2 Å². The summed E-state index contributed by atoms with van der Waals surface area (Å²) in [4.78, 5) is 0. The molecule has 0 saturated heterocycles. The van der Waals surface area contributed by atoms with Crippen LogP contribution in [-0.4, -0.2) is 6.04 Å². The van der Waals surface area contributed by atoms with Gasteiger partial charge in [0.15, 0.2) is 0 Å². The SMILES string of the molecule is CCC1CCC(NC(C)c2ccc(C(F)(F)F)cc2)C1C. The summed E-state index contributed by atoms with van der Waals surface area (Å²) in [5.41, 5.74) is 0.328. The van der Waals surface area contributed by atoms with Crippen molar-refractivity contribution in [2.75, 3.05) is 0 Å². The second-order valence-corrected chi connectivity index (χ2v) is 6.22. The summed E-state index contributed by atoms with van der Waals surface area (Å²) in [6.45, 7) is 6.52. The Kier molecular flexibility index (Phi) is 4.97. The van der Waals surface area contributed by atoms with E-state index < -0.39 is 11.7 Å². The first kappa shape index (κ1) is 16.3. The highest BCUT2D eigenvalue weighted by atomic mass is 19.4. The molecule has 0 bridgehead atoms. The van der Waals surface area contributed by atoms with E-state index in [4.69, 9.17) is 0 Å². The summed E-state index contributed by atoms with van der Waals surface area (Å²) in [5.74, 6) is 1.40. The average Bonchev–Trinajstić information content (AvgIpc) is 2.79. The highest BCUT2D eigenvalue weighted by molar-refractivity contribution is 5.26. The summed E-state index contributed by atoms with van der Waals surface area (Å²) in [6.07, 6.45) is -0.656. The molecule has 4 unspecified atom stereocenters. The molecule has 1 aromatic carbocycles. The van der Waals surface area contributed by atoms with Gasteiger partial charge in [-0.2, -0.15) is 13.2 Å². The Labute approximate surface area is 124 Å². The van der Waals surface area contributed by atoms with E-state index in [-0.39, 0.29) is 6.04 Å². The van der Waals surface area contributed by atoms with E-state index in [0.717, 1.165) is 17.9 Å². The standard InChI is InChI=1S/C17H24F3N/c1-4-13-7-10-16(11(13)2)21-12(3)14-5-8-15(9-6-14)17(18,19)20/h5-6,8-9,11-13,16,21H,4,7,10H2,1-3H3. The smallest absolute Gasteiger partial charge is 0.307 e. The lowest BCUT2D eigenvalue weighted by Crippen LogP contribution is -2.34. The molecule has 4 heteroatoms. The summed E-state index contributed by atoms with van der Waals surface area (Å²) in [5, 5.41) is 3.59. The van der Waals surface area contributed by atoms with E-state index in [0.29, 0.717) is 12.0 Å². The lowest BCUT2D eigenvalue weighted by atomic mass is 9.93. The Morgan fingerprint density at radius 3 is 2.29 bits per heavy atom. The van der Waals surface area contributed by atoms with Crippen molar-refractivity contribution in [3.05, 3.63) is 35.4 Å². The monoisotopic (exact) mass is 299 g/mol. The Morgan fingerprint density at radius 1 is 1.19 bits per heavy atom. The first-order chi connectivity index (χ1) is 9.82. The quantitative estimate of drug-likeness (QED) is 0.807. The molecule has 1 aliphatic carbocycles. The van der Waals surface area contributed by atoms with Crippen LogP contribution in [-0.2, 0) is 6.18 Å². The second kappa shape index (κ2) is 6.39. The van der Waals surface area contributed by atoms with E-state index in [9.17, 15) is 13.2 Å². The maximum Gasteiger partial charge on any atom is 0.416 e. The Balaban J connectivity index is 1.99. The maximum absolute atomic E-state index is 12.6. The highest BCUT2D eigenvalue weighted by Crippen LogP contribution is 2.35. The third kappa shape index (κ3) is 3.79. The van der Waals surface area contributed by atoms with Gasteiger partial charge in [0.2, 0.25) is 0 Å². The molecule has 2 rings (SSSR count). The van der Waals surface area contributed by atoms with Crippen LogP contribution in [0.1, 0.15) is 57.2 Å². The molecule has 0 spiro atoms. The number of hydrogen-bond acceptors (Lipinski definition) is 1. The zero-order valence-electron chi connectivity index (χ0n) is 12.9. The third-order valence-electron chi connectivity index (χ3n) is 4.95. The van der Waals surface area contributed by atoms with E-state index in [2.05, 4.69) is 19.2 Å². The first-order valence-electron chi connectivity index (χ1n) is 7.76. The second-order valence-electron chi connectivity index (χ2n) is 6.22. The first-order valence-corrected chi connectivity index (χ1v) is 7.76. The van der Waals surface area contributed by atoms with Crippen LogP contribution in [0.2, 0.25) is 0 Å². The molecule has 1 aliphatic rings. The molecule has 1 aromatic rings. The van der Waals surface area contributed by atoms with Crippen molar-refractivity contribution in [1.29, 1.82) is 0 Å². The number of nitrogens with one attached hydrogen (secondary N) is 1. The molecular weight excluding hydrogens is 275 g/mol. The van der Waals surface area contributed by atoms with Gasteiger partial charge in [0.05, 0.1) is 5.56 Å². The Morgan fingerprint density at radius 2 is 1.81 bits per heavy atom. The molecule has 1 N–H and O–H groups in total. The fraction of sp³-hybridized carbons (Fsp3) is 0.647. The van der Waals surface area contributed by atoms with Gasteiger partial charge in [0.25, 0.3) is 0 Å². The van der Waals surface area contributed by atoms with Crippen molar-refractivity contribution in [1.82, 2.24) is 5.32 Å². The lowest BCUT2D eigenvalue weighted by Gasteiger charge is -2.25. The number of alkyl halides is 3. The molecular formula is C17H24F3N. The van der Waals surface area contributed by atoms with Gasteiger partial charge in [-0.1, -0.05) is 32.4 Å². The third-order valence-corrected chi connectivity index (χ3v) is 4.95. The van der Waals surface area contributed by atoms with Gasteiger partial charge < -0.3 is 5.32 Å². The van der Waals surface area contributed by atoms with Gasteiger partial charge in [-0.25, -0.2) is 0 Å². The molecule has 0 radical (unpaired) electrons. The predicted molar refractivity (Wildman–Crippen MR) is 79.0 cm³/mol. The molecule has 0 amide bonds. The topological polar surface area (TPSA) is 12.0 Å². The van der Waals surface area contributed by atoms with Crippen molar-refractivity contribution in [2.45, 2.75) is 58.3 Å². The van der Waals surface area contributed by atoms with Gasteiger partial charge in [0.1, 0.15) is 0 Å². The molecule has 1 fully saturated rings. The molecule has 4 atom stereocenters. The minimum absolute atomic E-state index is 0.0790. The number of rotatable bonds is 4. The maximum atomic E-state index is 12.6. The van der Waals surface area contributed by atoms with Crippen LogP contribution < -0.4 is 5.32 Å². The van der Waals surface area contributed by atoms with Gasteiger partial charge in [0, 0.05) is 12.1 Å². The number of benzene rings is 1. The zero-order valence-corrected chi connectivity index (χ0v) is 12.9. The van der Waals surface area contributed by atoms with Gasteiger partial charge in [-0.15, -0.1) is 0 Å². The van der Waals surface area contributed by atoms with Crippen LogP contribution in [0.15, 0.2) is 24.3 Å². The highest BCUT2D eigenvalue weighted by Gasteiger charge is 2.33. The fourth-order valence-corrected chi connectivity index (χ4v) is 3.44. The minimum atomic E-state index is -4.26. The van der Waals surface area contributed by atoms with Gasteiger partial charge >= 0.3 is 6.18 Å². The van der Waals surface area contributed by atoms with Crippen molar-refractivity contribution >= 4 is 0 Å². The summed E-state index contributed by atoms with van der Waals surface area (Å²) in [6, 6.07) is 6.04. The molecule has 0 aliphatic heterocycles. The van der Waals surface area contributed by atoms with Crippen LogP contribution in [0.3, 0.4) is 0 Å². The van der Waals surface area contributed by atoms with Crippen molar-refractivity contribution in [3.63, 3.8) is 0 Å². The molecule has 0 aromatic heterocycles. The zero-order chi connectivity index (χ0) is 15.6. The molecule has 1 saturated carbocycles. The van der Waals surface area contributed by atoms with E-state index in [1.54, 1.807) is 12.1 Å². The molecule has 118 valence electrons. The van der Waals surface area contributed by atoms with E-state index >= 15 is 0 Å². The predicted octanol–water partition coefficient (Wildman–Crippen LogP) is 5.18. The van der Waals surface area contributed by atoms with E-state index in [1.807, 2.05) is 6.92 Å². The lowest BCUT2D eigenvalue weighted by molar-refractivity contribution is -0.137. The van der Waals surface area contributed by atoms with E-state index in [1.165, 1.54) is 25.0 Å². The Bertz CT molecular complexity index is 452. The normalized spacial score (nSPS) is 27.8. The minimum Gasteiger partial charge on any atom is -0.307 e. The van der Waals surface area contributed by atoms with Crippen molar-refractivity contribution < 1.29 is 13.2 Å². The van der Waals surface area contributed by atoms with Crippen molar-refractivity contribution in [2.24, 2.45) is 11.8 Å². The largest absolute Gasteiger partial charge is 0.416 e. The van der Waals surface area contributed by atoms with Gasteiger partial charge in [-0.05, 0) is 49.3 Å². The fourth-order valence-electron chi connectivity index (χ4n) is 3.44. The van der Waals surface area contributed by atoms with Crippen LogP contribution in [0.25, 0.3) is 0 Å². The van der Waals surface area contributed by atoms with Crippen LogP contribution in [0, 0.1) is 11.8 Å². The summed E-state index contributed by atoms with van der Waals surface area (Å²) in [7, 11) is 0. The Hall–Kier alpha value is -1.03. The van der Waals surface area contributed by atoms with Gasteiger partial charge in [-0.3, -0.25) is 0 Å². The molecule has 21 heavy (non-hydrogen) atoms. The van der Waals surface area contributed by atoms with Crippen LogP contribution >= 0.6 is 0 Å².